The maximum atomic E-state index is 12.9. The zero-order valence-corrected chi connectivity index (χ0v) is 15.9. The van der Waals surface area contributed by atoms with Crippen LogP contribution in [0, 0.1) is 19.7 Å². The first kappa shape index (κ1) is 19.5. The normalized spacial score (nSPS) is 10.7. The summed E-state index contributed by atoms with van der Waals surface area (Å²) in [5.74, 6) is -0.891. The molecule has 0 amide bonds. The Kier molecular flexibility index (Phi) is 6.04. The first-order valence-electron chi connectivity index (χ1n) is 9.17. The van der Waals surface area contributed by atoms with Crippen molar-refractivity contribution in [3.05, 3.63) is 89.0 Å². The number of halogens is 1. The minimum Gasteiger partial charge on any atom is -0.462 e. The summed E-state index contributed by atoms with van der Waals surface area (Å²) in [7, 11) is 0. The molecule has 0 aliphatic rings. The molecule has 0 saturated heterocycles. The highest BCUT2D eigenvalue weighted by molar-refractivity contribution is 5.96. The standard InChI is InChI=1S/C23H22FNO3/c1-16-5-6-17(2)25(16)21-13-9-19(10-14-21)23(27)28-15-3-4-22(26)18-7-11-20(24)12-8-18/h5-14H,3-4,15H2,1-2H3. The fourth-order valence-electron chi connectivity index (χ4n) is 3.08. The second kappa shape index (κ2) is 8.65. The Balaban J connectivity index is 1.50. The Morgan fingerprint density at radius 3 is 2.04 bits per heavy atom. The summed E-state index contributed by atoms with van der Waals surface area (Å²) >= 11 is 0. The number of carbonyl (C=O) groups excluding carboxylic acids is 2. The molecule has 3 rings (SSSR count). The summed E-state index contributed by atoms with van der Waals surface area (Å²) in [6, 6.07) is 16.8. The van der Waals surface area contributed by atoms with Gasteiger partial charge in [0.1, 0.15) is 5.82 Å². The molecule has 2 aromatic carbocycles. The molecule has 0 bridgehead atoms. The van der Waals surface area contributed by atoms with Gasteiger partial charge in [-0.3, -0.25) is 4.79 Å². The number of benzene rings is 2. The Morgan fingerprint density at radius 1 is 0.857 bits per heavy atom. The zero-order chi connectivity index (χ0) is 20.1. The van der Waals surface area contributed by atoms with Crippen LogP contribution in [-0.2, 0) is 4.74 Å². The summed E-state index contributed by atoms with van der Waals surface area (Å²) < 4.78 is 20.2. The van der Waals surface area contributed by atoms with Crippen LogP contribution in [-0.4, -0.2) is 22.9 Å². The van der Waals surface area contributed by atoms with E-state index in [0.29, 0.717) is 17.5 Å². The number of hydrogen-bond donors (Lipinski definition) is 0. The number of aromatic nitrogens is 1. The molecule has 0 saturated carbocycles. The first-order chi connectivity index (χ1) is 13.5. The predicted octanol–water partition coefficient (Wildman–Crippen LogP) is 5.05. The molecule has 1 heterocycles. The number of aryl methyl sites for hydroxylation is 2. The van der Waals surface area contributed by atoms with Crippen molar-refractivity contribution in [2.24, 2.45) is 0 Å². The van der Waals surface area contributed by atoms with Crippen molar-refractivity contribution in [2.45, 2.75) is 26.7 Å². The largest absolute Gasteiger partial charge is 0.462 e. The molecule has 0 unspecified atom stereocenters. The number of ether oxygens (including phenoxy) is 1. The van der Waals surface area contributed by atoms with Crippen molar-refractivity contribution in [1.29, 1.82) is 0 Å². The Morgan fingerprint density at radius 2 is 1.43 bits per heavy atom. The molecule has 28 heavy (non-hydrogen) atoms. The van der Waals surface area contributed by atoms with E-state index in [4.69, 9.17) is 4.74 Å². The fourth-order valence-corrected chi connectivity index (χ4v) is 3.08. The van der Waals surface area contributed by atoms with Crippen LogP contribution in [0.15, 0.2) is 60.7 Å². The summed E-state index contributed by atoms with van der Waals surface area (Å²) in [5, 5.41) is 0. The lowest BCUT2D eigenvalue weighted by atomic mass is 10.1. The molecule has 1 aromatic heterocycles. The van der Waals surface area contributed by atoms with Crippen LogP contribution in [0.2, 0.25) is 0 Å². The van der Waals surface area contributed by atoms with Crippen molar-refractivity contribution in [1.82, 2.24) is 4.57 Å². The van der Waals surface area contributed by atoms with Crippen LogP contribution in [0.25, 0.3) is 5.69 Å². The lowest BCUT2D eigenvalue weighted by Gasteiger charge is -2.10. The number of rotatable bonds is 7. The minimum absolute atomic E-state index is 0.0992. The van der Waals surface area contributed by atoms with Gasteiger partial charge < -0.3 is 9.30 Å². The Hall–Kier alpha value is -3.21. The van der Waals surface area contributed by atoms with E-state index in [0.717, 1.165) is 17.1 Å². The molecule has 0 N–H and O–H groups in total. The van der Waals surface area contributed by atoms with Gasteiger partial charge in [0.05, 0.1) is 12.2 Å². The van der Waals surface area contributed by atoms with Gasteiger partial charge in [-0.2, -0.15) is 0 Å². The quantitative estimate of drug-likeness (QED) is 0.328. The van der Waals surface area contributed by atoms with Crippen LogP contribution in [0.4, 0.5) is 4.39 Å². The molecular formula is C23H22FNO3. The molecule has 0 fully saturated rings. The average Bonchev–Trinajstić information content (AvgIpc) is 3.03. The number of Topliss-reactive ketones (excluding diaryl/α,β-unsaturated/α-hetero) is 1. The van der Waals surface area contributed by atoms with Crippen LogP contribution < -0.4 is 0 Å². The van der Waals surface area contributed by atoms with Crippen LogP contribution >= 0.6 is 0 Å². The third kappa shape index (κ3) is 4.55. The highest BCUT2D eigenvalue weighted by Gasteiger charge is 2.10. The predicted molar refractivity (Wildman–Crippen MR) is 105 cm³/mol. The van der Waals surface area contributed by atoms with Crippen molar-refractivity contribution >= 4 is 11.8 Å². The van der Waals surface area contributed by atoms with Gasteiger partial charge in [-0.1, -0.05) is 0 Å². The van der Waals surface area contributed by atoms with Gasteiger partial charge in [-0.05, 0) is 80.9 Å². The molecule has 0 aliphatic carbocycles. The summed E-state index contributed by atoms with van der Waals surface area (Å²) in [4.78, 5) is 24.2. The van der Waals surface area contributed by atoms with E-state index < -0.39 is 5.97 Å². The first-order valence-corrected chi connectivity index (χ1v) is 9.17. The number of hydrogen-bond acceptors (Lipinski definition) is 3. The smallest absolute Gasteiger partial charge is 0.338 e. The molecule has 0 spiro atoms. The third-order valence-electron chi connectivity index (χ3n) is 4.58. The molecular weight excluding hydrogens is 357 g/mol. The van der Waals surface area contributed by atoms with Gasteiger partial charge in [0.15, 0.2) is 5.78 Å². The van der Waals surface area contributed by atoms with Crippen LogP contribution in [0.3, 0.4) is 0 Å². The van der Waals surface area contributed by atoms with Crippen molar-refractivity contribution in [3.8, 4) is 5.69 Å². The Bertz CT molecular complexity index is 953. The molecule has 5 heteroatoms. The van der Waals surface area contributed by atoms with E-state index in [-0.39, 0.29) is 24.6 Å². The summed E-state index contributed by atoms with van der Waals surface area (Å²) in [6.45, 7) is 4.22. The number of nitrogens with zero attached hydrogens (tertiary/aromatic N) is 1. The molecule has 3 aromatic rings. The zero-order valence-electron chi connectivity index (χ0n) is 15.9. The third-order valence-corrected chi connectivity index (χ3v) is 4.58. The van der Waals surface area contributed by atoms with Crippen LogP contribution in [0.5, 0.6) is 0 Å². The van der Waals surface area contributed by atoms with E-state index in [1.807, 2.05) is 38.1 Å². The second-order valence-corrected chi connectivity index (χ2v) is 6.67. The molecule has 4 nitrogen and oxygen atoms in total. The molecule has 144 valence electrons. The second-order valence-electron chi connectivity index (χ2n) is 6.67. The van der Waals surface area contributed by atoms with Crippen molar-refractivity contribution in [2.75, 3.05) is 6.61 Å². The fraction of sp³-hybridized carbons (Fsp3) is 0.217. The lowest BCUT2D eigenvalue weighted by molar-refractivity contribution is 0.0494. The maximum Gasteiger partial charge on any atom is 0.338 e. The highest BCUT2D eigenvalue weighted by atomic mass is 19.1. The topological polar surface area (TPSA) is 48.3 Å². The lowest BCUT2D eigenvalue weighted by Crippen LogP contribution is -2.08. The van der Waals surface area contributed by atoms with Crippen molar-refractivity contribution < 1.29 is 18.7 Å². The molecule has 0 atom stereocenters. The number of ketones is 1. The van der Waals surface area contributed by atoms with E-state index in [2.05, 4.69) is 4.57 Å². The number of carbonyl (C=O) groups is 2. The maximum absolute atomic E-state index is 12.9. The molecule has 0 aliphatic heterocycles. The van der Waals surface area contributed by atoms with Crippen LogP contribution in [0.1, 0.15) is 44.9 Å². The van der Waals surface area contributed by atoms with E-state index in [1.165, 1.54) is 24.3 Å². The van der Waals surface area contributed by atoms with Gasteiger partial charge in [-0.25, -0.2) is 9.18 Å². The van der Waals surface area contributed by atoms with Gasteiger partial charge in [0.2, 0.25) is 0 Å². The van der Waals surface area contributed by atoms with E-state index >= 15 is 0 Å². The average molecular weight is 379 g/mol. The van der Waals surface area contributed by atoms with E-state index in [1.54, 1.807) is 12.1 Å². The van der Waals surface area contributed by atoms with Gasteiger partial charge in [0, 0.05) is 29.1 Å². The van der Waals surface area contributed by atoms with Gasteiger partial charge >= 0.3 is 5.97 Å². The summed E-state index contributed by atoms with van der Waals surface area (Å²) in [6.07, 6.45) is 0.659. The minimum atomic E-state index is -0.415. The highest BCUT2D eigenvalue weighted by Crippen LogP contribution is 2.17. The van der Waals surface area contributed by atoms with Gasteiger partial charge in [0.25, 0.3) is 0 Å². The van der Waals surface area contributed by atoms with E-state index in [9.17, 15) is 14.0 Å². The monoisotopic (exact) mass is 379 g/mol. The SMILES string of the molecule is Cc1ccc(C)n1-c1ccc(C(=O)OCCCC(=O)c2ccc(F)cc2)cc1. The summed E-state index contributed by atoms with van der Waals surface area (Å²) in [5.41, 5.74) is 4.16. The molecule has 0 radical (unpaired) electrons. The van der Waals surface area contributed by atoms with Gasteiger partial charge in [-0.15, -0.1) is 0 Å². The number of esters is 1. The van der Waals surface area contributed by atoms with Crippen molar-refractivity contribution in [3.63, 3.8) is 0 Å². The Labute approximate surface area is 163 Å².